The lowest BCUT2D eigenvalue weighted by Gasteiger charge is -2.24. The van der Waals surface area contributed by atoms with Crippen molar-refractivity contribution in [1.29, 1.82) is 0 Å². The minimum Gasteiger partial charge on any atom is -0.381 e. The van der Waals surface area contributed by atoms with E-state index in [9.17, 15) is 4.79 Å². The van der Waals surface area contributed by atoms with Crippen molar-refractivity contribution in [1.82, 2.24) is 5.01 Å². The van der Waals surface area contributed by atoms with E-state index in [4.69, 9.17) is 4.74 Å². The fourth-order valence-electron chi connectivity index (χ4n) is 2.71. The number of hydrazone groups is 1. The van der Waals surface area contributed by atoms with Gasteiger partial charge in [-0.25, -0.2) is 9.80 Å². The Labute approximate surface area is 118 Å². The van der Waals surface area contributed by atoms with Crippen molar-refractivity contribution in [3.05, 3.63) is 29.3 Å². The van der Waals surface area contributed by atoms with Crippen molar-refractivity contribution in [2.24, 2.45) is 11.0 Å². The van der Waals surface area contributed by atoms with Gasteiger partial charge < -0.3 is 10.1 Å². The quantitative estimate of drug-likeness (QED) is 0.855. The van der Waals surface area contributed by atoms with E-state index >= 15 is 0 Å². The average molecular weight is 273 g/mol. The second-order valence-corrected chi connectivity index (χ2v) is 5.37. The molecule has 0 radical (unpaired) electrons. The Morgan fingerprint density at radius 1 is 1.35 bits per heavy atom. The maximum Gasteiger partial charge on any atom is 0.342 e. The topological polar surface area (TPSA) is 53.9 Å². The largest absolute Gasteiger partial charge is 0.381 e. The standard InChI is InChI=1S/C15H19N3O2/c1-10-3-4-12-13(9-10)16-15(19)18(2)17-14(12)11-5-7-20-8-6-11/h3-4,9,11H,5-8H2,1-2H3,(H,16,19). The summed E-state index contributed by atoms with van der Waals surface area (Å²) in [4.78, 5) is 12.0. The number of carbonyl (C=O) groups excluding carboxylic acids is 1. The SMILES string of the molecule is Cc1ccc2c(c1)NC(=O)N(C)N=C2C1CCOCC1. The van der Waals surface area contributed by atoms with Crippen LogP contribution < -0.4 is 5.32 Å². The average Bonchev–Trinajstić information content (AvgIpc) is 2.57. The van der Waals surface area contributed by atoms with Crippen molar-refractivity contribution in [3.8, 4) is 0 Å². The molecule has 0 spiro atoms. The molecule has 1 aromatic rings. The van der Waals surface area contributed by atoms with Gasteiger partial charge in [0.1, 0.15) is 0 Å². The molecule has 1 N–H and O–H groups in total. The molecule has 0 saturated carbocycles. The molecule has 2 heterocycles. The molecule has 1 saturated heterocycles. The van der Waals surface area contributed by atoms with Crippen molar-refractivity contribution in [2.45, 2.75) is 19.8 Å². The summed E-state index contributed by atoms with van der Waals surface area (Å²) in [5, 5.41) is 8.85. The number of urea groups is 1. The Hall–Kier alpha value is -1.88. The summed E-state index contributed by atoms with van der Waals surface area (Å²) in [7, 11) is 1.69. The summed E-state index contributed by atoms with van der Waals surface area (Å²) < 4.78 is 5.43. The van der Waals surface area contributed by atoms with E-state index < -0.39 is 0 Å². The van der Waals surface area contributed by atoms with E-state index in [-0.39, 0.29) is 6.03 Å². The van der Waals surface area contributed by atoms with Crippen LogP contribution in [0.2, 0.25) is 0 Å². The minimum atomic E-state index is -0.195. The predicted octanol–water partition coefficient (Wildman–Crippen LogP) is 2.60. The highest BCUT2D eigenvalue weighted by molar-refractivity contribution is 6.10. The Morgan fingerprint density at radius 3 is 2.85 bits per heavy atom. The molecule has 20 heavy (non-hydrogen) atoms. The van der Waals surface area contributed by atoms with Gasteiger partial charge in [-0.1, -0.05) is 12.1 Å². The van der Waals surface area contributed by atoms with Crippen LogP contribution in [0.5, 0.6) is 0 Å². The van der Waals surface area contributed by atoms with Crippen LogP contribution >= 0.6 is 0 Å². The minimum absolute atomic E-state index is 0.195. The van der Waals surface area contributed by atoms with Gasteiger partial charge in [-0.3, -0.25) is 0 Å². The van der Waals surface area contributed by atoms with Crippen LogP contribution in [0.1, 0.15) is 24.0 Å². The molecule has 0 aliphatic carbocycles. The zero-order chi connectivity index (χ0) is 14.1. The van der Waals surface area contributed by atoms with Crippen molar-refractivity contribution in [2.75, 3.05) is 25.6 Å². The number of ether oxygens (including phenoxy) is 1. The molecule has 1 aromatic carbocycles. The summed E-state index contributed by atoms with van der Waals surface area (Å²) >= 11 is 0. The fourth-order valence-corrected chi connectivity index (χ4v) is 2.71. The van der Waals surface area contributed by atoms with Crippen molar-refractivity contribution in [3.63, 3.8) is 0 Å². The van der Waals surface area contributed by atoms with Gasteiger partial charge >= 0.3 is 6.03 Å². The van der Waals surface area contributed by atoms with E-state index in [2.05, 4.69) is 22.6 Å². The molecule has 106 valence electrons. The molecule has 5 nitrogen and oxygen atoms in total. The Morgan fingerprint density at radius 2 is 2.10 bits per heavy atom. The molecule has 3 rings (SSSR count). The first-order chi connectivity index (χ1) is 9.65. The van der Waals surface area contributed by atoms with E-state index in [0.717, 1.165) is 48.6 Å². The van der Waals surface area contributed by atoms with Crippen LogP contribution in [0.4, 0.5) is 10.5 Å². The Bertz CT molecular complexity index is 562. The molecular weight excluding hydrogens is 254 g/mol. The molecule has 1 fully saturated rings. The summed E-state index contributed by atoms with van der Waals surface area (Å²) in [6, 6.07) is 5.92. The molecule has 0 unspecified atom stereocenters. The second kappa shape index (κ2) is 5.25. The smallest absolute Gasteiger partial charge is 0.342 e. The lowest BCUT2D eigenvalue weighted by Crippen LogP contribution is -2.28. The van der Waals surface area contributed by atoms with Crippen LogP contribution in [-0.4, -0.2) is 37.0 Å². The van der Waals surface area contributed by atoms with Crippen LogP contribution in [0.25, 0.3) is 0 Å². The third-order valence-corrected chi connectivity index (χ3v) is 3.85. The van der Waals surface area contributed by atoms with E-state index in [1.54, 1.807) is 7.05 Å². The van der Waals surface area contributed by atoms with Crippen molar-refractivity contribution >= 4 is 17.4 Å². The first-order valence-corrected chi connectivity index (χ1v) is 6.97. The van der Waals surface area contributed by atoms with Crippen LogP contribution in [0.15, 0.2) is 23.3 Å². The van der Waals surface area contributed by atoms with Gasteiger partial charge in [0, 0.05) is 31.7 Å². The monoisotopic (exact) mass is 273 g/mol. The summed E-state index contributed by atoms with van der Waals surface area (Å²) in [5.74, 6) is 0.348. The number of benzene rings is 1. The van der Waals surface area contributed by atoms with Gasteiger partial charge in [0.25, 0.3) is 0 Å². The number of rotatable bonds is 1. The maximum atomic E-state index is 12.0. The highest BCUT2D eigenvalue weighted by Gasteiger charge is 2.27. The zero-order valence-electron chi connectivity index (χ0n) is 11.8. The first-order valence-electron chi connectivity index (χ1n) is 6.97. The number of hydrogen-bond acceptors (Lipinski definition) is 3. The number of nitrogens with one attached hydrogen (secondary N) is 1. The van der Waals surface area contributed by atoms with Crippen LogP contribution in [0, 0.1) is 12.8 Å². The van der Waals surface area contributed by atoms with Crippen molar-refractivity contribution < 1.29 is 9.53 Å². The molecule has 2 amide bonds. The van der Waals surface area contributed by atoms with E-state index in [1.807, 2.05) is 13.0 Å². The predicted molar refractivity (Wildman–Crippen MR) is 78.0 cm³/mol. The number of hydrogen-bond donors (Lipinski definition) is 1. The summed E-state index contributed by atoms with van der Waals surface area (Å²) in [5.41, 5.74) is 3.99. The molecule has 0 atom stereocenters. The van der Waals surface area contributed by atoms with Gasteiger partial charge in [0.15, 0.2) is 0 Å². The van der Waals surface area contributed by atoms with Gasteiger partial charge in [-0.05, 0) is 31.4 Å². The van der Waals surface area contributed by atoms with Gasteiger partial charge in [0.05, 0.1) is 11.4 Å². The number of anilines is 1. The number of carbonyl (C=O) groups is 1. The highest BCUT2D eigenvalue weighted by atomic mass is 16.5. The third-order valence-electron chi connectivity index (χ3n) is 3.85. The number of fused-ring (bicyclic) bond motifs is 1. The fraction of sp³-hybridized carbons (Fsp3) is 0.467. The molecule has 2 aliphatic rings. The lowest BCUT2D eigenvalue weighted by atomic mass is 9.89. The highest BCUT2D eigenvalue weighted by Crippen LogP contribution is 2.28. The molecule has 5 heteroatoms. The molecule has 0 aromatic heterocycles. The van der Waals surface area contributed by atoms with Gasteiger partial charge in [-0.15, -0.1) is 0 Å². The van der Waals surface area contributed by atoms with Gasteiger partial charge in [0.2, 0.25) is 0 Å². The van der Waals surface area contributed by atoms with Crippen LogP contribution in [0.3, 0.4) is 0 Å². The molecule has 0 bridgehead atoms. The second-order valence-electron chi connectivity index (χ2n) is 5.37. The normalized spacial score (nSPS) is 20.0. The maximum absolute atomic E-state index is 12.0. The number of aryl methyl sites for hydroxylation is 1. The van der Waals surface area contributed by atoms with E-state index in [0.29, 0.717) is 5.92 Å². The summed E-state index contributed by atoms with van der Waals surface area (Å²) in [6.07, 6.45) is 1.91. The third kappa shape index (κ3) is 2.41. The Balaban J connectivity index is 2.05. The summed E-state index contributed by atoms with van der Waals surface area (Å²) in [6.45, 7) is 3.54. The van der Waals surface area contributed by atoms with Gasteiger partial charge in [-0.2, -0.15) is 5.10 Å². The number of amides is 2. The van der Waals surface area contributed by atoms with Crippen LogP contribution in [-0.2, 0) is 4.74 Å². The number of nitrogens with zero attached hydrogens (tertiary/aromatic N) is 2. The zero-order valence-corrected chi connectivity index (χ0v) is 11.8. The molecular formula is C15H19N3O2. The lowest BCUT2D eigenvalue weighted by molar-refractivity contribution is 0.0826. The first kappa shape index (κ1) is 13.1. The van der Waals surface area contributed by atoms with E-state index in [1.165, 1.54) is 5.01 Å². The molecule has 2 aliphatic heterocycles. The Kier molecular flexibility index (Phi) is 3.44.